The molecule has 2 nitrogen and oxygen atoms in total. The molecule has 3 rings (SSSR count). The van der Waals surface area contributed by atoms with Crippen molar-refractivity contribution in [2.75, 3.05) is 0 Å². The van der Waals surface area contributed by atoms with Crippen molar-refractivity contribution in [3.8, 4) is 0 Å². The summed E-state index contributed by atoms with van der Waals surface area (Å²) in [4.78, 5) is 18.1. The summed E-state index contributed by atoms with van der Waals surface area (Å²) < 4.78 is 0. The number of carbonyl (C=O) groups excluding carboxylic acids is 1. The molecule has 0 bridgehead atoms. The van der Waals surface area contributed by atoms with Crippen LogP contribution in [0.15, 0.2) is 11.3 Å². The van der Waals surface area contributed by atoms with Gasteiger partial charge >= 0.3 is 0 Å². The Balaban J connectivity index is 2.10. The van der Waals surface area contributed by atoms with Crippen molar-refractivity contribution in [1.82, 2.24) is 4.90 Å². The Morgan fingerprint density at radius 1 is 0.558 bits per heavy atom. The normalized spacial score (nSPS) is 32.7. The van der Waals surface area contributed by atoms with Crippen LogP contribution in [0.25, 0.3) is 0 Å². The van der Waals surface area contributed by atoms with Gasteiger partial charge in [-0.25, -0.2) is 0 Å². The second kappa shape index (κ2) is 21.9. The van der Waals surface area contributed by atoms with Crippen LogP contribution in [0, 0.1) is 23.7 Å². The van der Waals surface area contributed by atoms with Gasteiger partial charge in [0, 0.05) is 17.7 Å². The van der Waals surface area contributed by atoms with Crippen LogP contribution in [0.3, 0.4) is 0 Å². The molecule has 0 heterocycles. The number of hydrogen-bond donors (Lipinski definition) is 0. The van der Waals surface area contributed by atoms with E-state index in [1.807, 2.05) is 0 Å². The van der Waals surface area contributed by atoms with Crippen LogP contribution in [-0.2, 0) is 4.79 Å². The minimum atomic E-state index is 0.205. The smallest absolute Gasteiger partial charge is 0.230 e. The van der Waals surface area contributed by atoms with E-state index in [0.29, 0.717) is 29.7 Å². The van der Waals surface area contributed by atoms with Gasteiger partial charge in [0.15, 0.2) is 0 Å². The number of carbonyl (C=O) groups is 1. The number of nitrogens with zero attached hydrogens (tertiary/aromatic N) is 1. The molecule has 3 aliphatic rings. The van der Waals surface area contributed by atoms with Gasteiger partial charge in [0.2, 0.25) is 5.91 Å². The molecule has 2 saturated carbocycles. The van der Waals surface area contributed by atoms with E-state index in [-0.39, 0.29) is 5.92 Å². The van der Waals surface area contributed by atoms with E-state index in [1.165, 1.54) is 173 Å². The largest absolute Gasteiger partial charge is 0.312 e. The number of hydrogen-bond acceptors (Lipinski definition) is 1. The maximum atomic E-state index is 15.5. The van der Waals surface area contributed by atoms with E-state index in [2.05, 4.69) is 32.6 Å². The third-order valence-corrected chi connectivity index (χ3v) is 12.1. The van der Waals surface area contributed by atoms with Crippen molar-refractivity contribution >= 4 is 5.91 Å². The molecule has 5 unspecified atom stereocenters. The lowest BCUT2D eigenvalue weighted by Crippen LogP contribution is -2.51. The van der Waals surface area contributed by atoms with Gasteiger partial charge in [-0.3, -0.25) is 4.79 Å². The fourth-order valence-electron chi connectivity index (χ4n) is 9.19. The van der Waals surface area contributed by atoms with Gasteiger partial charge in [-0.1, -0.05) is 162 Å². The van der Waals surface area contributed by atoms with E-state index in [4.69, 9.17) is 0 Å². The predicted molar refractivity (Wildman–Crippen MR) is 188 cm³/mol. The van der Waals surface area contributed by atoms with E-state index in [0.717, 1.165) is 19.3 Å². The monoisotopic (exact) mass is 598 g/mol. The number of amides is 1. The fraction of sp³-hybridized carbons (Fsp3) is 0.927. The summed E-state index contributed by atoms with van der Waals surface area (Å²) >= 11 is 0. The van der Waals surface area contributed by atoms with Gasteiger partial charge in [-0.2, -0.15) is 0 Å². The first-order valence-corrected chi connectivity index (χ1v) is 20.1. The SMILES string of the molecule is CC/C1=C(\N(C(=O)C2CCCCCCCCC2C)C2C(C)CCCCCCCCCC2CC)CCCCCCCCCC1. The highest BCUT2D eigenvalue weighted by Crippen LogP contribution is 2.40. The van der Waals surface area contributed by atoms with Crippen LogP contribution in [0.4, 0.5) is 0 Å². The number of rotatable bonds is 5. The van der Waals surface area contributed by atoms with Crippen molar-refractivity contribution in [3.63, 3.8) is 0 Å². The minimum absolute atomic E-state index is 0.205. The molecule has 0 radical (unpaired) electrons. The summed E-state index contributed by atoms with van der Waals surface area (Å²) in [6, 6.07) is 0.379. The fourth-order valence-corrected chi connectivity index (χ4v) is 9.19. The van der Waals surface area contributed by atoms with Gasteiger partial charge in [0.1, 0.15) is 0 Å². The third kappa shape index (κ3) is 12.5. The van der Waals surface area contributed by atoms with Crippen molar-refractivity contribution in [1.29, 1.82) is 0 Å². The zero-order chi connectivity index (χ0) is 30.7. The molecule has 0 saturated heterocycles. The van der Waals surface area contributed by atoms with Crippen molar-refractivity contribution in [2.24, 2.45) is 23.7 Å². The molecule has 2 heteroatoms. The van der Waals surface area contributed by atoms with Crippen LogP contribution >= 0.6 is 0 Å². The standard InChI is InChI=1S/C41H75NO/c1-5-36-30-24-18-11-7-8-13-21-27-33-39(36)42(41(43)38-32-26-20-15-14-16-22-28-34(38)3)40-35(4)29-23-17-10-9-12-19-25-31-37(40)6-2/h34-35,37-38,40H,5-33H2,1-4H3/b39-36+. The summed E-state index contributed by atoms with van der Waals surface area (Å²) in [5, 5.41) is 0. The van der Waals surface area contributed by atoms with E-state index < -0.39 is 0 Å². The van der Waals surface area contributed by atoms with Crippen LogP contribution < -0.4 is 0 Å². The molecule has 0 aliphatic heterocycles. The van der Waals surface area contributed by atoms with Crippen LogP contribution in [0.1, 0.15) is 214 Å². The lowest BCUT2D eigenvalue weighted by molar-refractivity contribution is -0.140. The molecule has 250 valence electrons. The molecule has 0 aromatic heterocycles. The molecule has 43 heavy (non-hydrogen) atoms. The molecule has 0 N–H and O–H groups in total. The summed E-state index contributed by atoms with van der Waals surface area (Å²) in [5.41, 5.74) is 3.18. The second-order valence-corrected chi connectivity index (χ2v) is 15.4. The Bertz CT molecular complexity index is 770. The molecule has 2 fully saturated rings. The summed E-state index contributed by atoms with van der Waals surface area (Å²) in [6.07, 6.45) is 38.2. The van der Waals surface area contributed by atoms with E-state index in [9.17, 15) is 0 Å². The molecule has 0 aromatic rings. The Hall–Kier alpha value is -0.790. The summed E-state index contributed by atoms with van der Waals surface area (Å²) in [5.74, 6) is 2.47. The average Bonchev–Trinajstić information content (AvgIpc) is 3.00. The molecule has 0 spiro atoms. The third-order valence-electron chi connectivity index (χ3n) is 12.1. The first-order valence-electron chi connectivity index (χ1n) is 20.1. The lowest BCUT2D eigenvalue weighted by atomic mass is 9.77. The Kier molecular flexibility index (Phi) is 18.6. The van der Waals surface area contributed by atoms with E-state index >= 15 is 4.79 Å². The zero-order valence-corrected chi connectivity index (χ0v) is 29.7. The second-order valence-electron chi connectivity index (χ2n) is 15.4. The first kappa shape index (κ1) is 36.7. The van der Waals surface area contributed by atoms with Crippen molar-refractivity contribution < 1.29 is 4.79 Å². The Labute approximate surface area is 270 Å². The molecule has 1 amide bonds. The molecule has 5 atom stereocenters. The van der Waals surface area contributed by atoms with Gasteiger partial charge in [-0.15, -0.1) is 0 Å². The first-order chi connectivity index (χ1) is 21.1. The Morgan fingerprint density at radius 2 is 1.00 bits per heavy atom. The zero-order valence-electron chi connectivity index (χ0n) is 29.7. The van der Waals surface area contributed by atoms with Gasteiger partial charge < -0.3 is 4.90 Å². The van der Waals surface area contributed by atoms with Crippen LogP contribution in [-0.4, -0.2) is 16.8 Å². The molecular weight excluding hydrogens is 522 g/mol. The maximum Gasteiger partial charge on any atom is 0.230 e. The van der Waals surface area contributed by atoms with E-state index in [1.54, 1.807) is 5.57 Å². The molecule has 3 aliphatic carbocycles. The summed E-state index contributed by atoms with van der Waals surface area (Å²) in [7, 11) is 0. The highest BCUT2D eigenvalue weighted by molar-refractivity contribution is 5.81. The van der Waals surface area contributed by atoms with Crippen molar-refractivity contribution in [3.05, 3.63) is 11.3 Å². The quantitative estimate of drug-likeness (QED) is 0.309. The minimum Gasteiger partial charge on any atom is -0.312 e. The average molecular weight is 598 g/mol. The van der Waals surface area contributed by atoms with Gasteiger partial charge in [0.05, 0.1) is 0 Å². The molecule has 0 aromatic carbocycles. The highest BCUT2D eigenvalue weighted by atomic mass is 16.2. The molecular formula is C41H75NO. The lowest BCUT2D eigenvalue weighted by Gasteiger charge is -2.45. The van der Waals surface area contributed by atoms with Gasteiger partial charge in [0.25, 0.3) is 0 Å². The highest BCUT2D eigenvalue weighted by Gasteiger charge is 2.40. The summed E-state index contributed by atoms with van der Waals surface area (Å²) in [6.45, 7) is 9.84. The topological polar surface area (TPSA) is 20.3 Å². The van der Waals surface area contributed by atoms with Gasteiger partial charge in [-0.05, 0) is 75.5 Å². The maximum absolute atomic E-state index is 15.5. The van der Waals surface area contributed by atoms with Crippen molar-refractivity contribution in [2.45, 2.75) is 220 Å². The predicted octanol–water partition coefficient (Wildman–Crippen LogP) is 13.3. The Morgan fingerprint density at radius 3 is 1.53 bits per heavy atom. The van der Waals surface area contributed by atoms with Crippen LogP contribution in [0.2, 0.25) is 0 Å². The van der Waals surface area contributed by atoms with Crippen LogP contribution in [0.5, 0.6) is 0 Å². The number of allylic oxidation sites excluding steroid dienone is 2.